The molecule has 0 saturated carbocycles. The Morgan fingerprint density at radius 2 is 2.07 bits per heavy atom. The van der Waals surface area contributed by atoms with Crippen LogP contribution in [0.15, 0.2) is 0 Å². The molecule has 0 aromatic heterocycles. The van der Waals surface area contributed by atoms with Crippen molar-refractivity contribution in [3.8, 4) is 6.07 Å². The minimum Gasteiger partial charge on any atom is -0.392 e. The molecule has 0 amide bonds. The molecule has 0 heterocycles. The van der Waals surface area contributed by atoms with E-state index in [9.17, 15) is 5.11 Å². The van der Waals surface area contributed by atoms with Crippen LogP contribution in [0.4, 0.5) is 0 Å². The van der Waals surface area contributed by atoms with Gasteiger partial charge in [0.05, 0.1) is 17.6 Å². The van der Waals surface area contributed by atoms with Gasteiger partial charge < -0.3 is 10.4 Å². The van der Waals surface area contributed by atoms with Crippen LogP contribution < -0.4 is 5.32 Å². The van der Waals surface area contributed by atoms with Gasteiger partial charge in [0, 0.05) is 6.54 Å². The van der Waals surface area contributed by atoms with Gasteiger partial charge in [-0.05, 0) is 39.7 Å². The van der Waals surface area contributed by atoms with Crippen LogP contribution in [0.2, 0.25) is 0 Å². The highest BCUT2D eigenvalue weighted by Gasteiger charge is 2.15. The van der Waals surface area contributed by atoms with Crippen molar-refractivity contribution < 1.29 is 5.11 Å². The van der Waals surface area contributed by atoms with Crippen LogP contribution in [0.25, 0.3) is 0 Å². The molecule has 2 N–H and O–H groups in total. The fourth-order valence-corrected chi connectivity index (χ4v) is 1.29. The van der Waals surface area contributed by atoms with Crippen molar-refractivity contribution in [1.29, 1.82) is 5.26 Å². The van der Waals surface area contributed by atoms with Crippen LogP contribution in [0.5, 0.6) is 0 Å². The second-order valence-corrected chi connectivity index (χ2v) is 4.72. The number of hydrogen-bond donors (Lipinski definition) is 2. The number of aliphatic hydroxyl groups is 1. The first-order valence-electron chi connectivity index (χ1n) is 5.82. The maximum atomic E-state index is 9.28. The zero-order valence-corrected chi connectivity index (χ0v) is 10.2. The normalized spacial score (nSPS) is 13.5. The van der Waals surface area contributed by atoms with Crippen molar-refractivity contribution in [2.75, 3.05) is 13.1 Å². The fraction of sp³-hybridized carbons (Fsp3) is 0.917. The van der Waals surface area contributed by atoms with E-state index in [1.165, 1.54) is 0 Å². The summed E-state index contributed by atoms with van der Waals surface area (Å²) in [6.07, 6.45) is 3.66. The second kappa shape index (κ2) is 7.67. The van der Waals surface area contributed by atoms with Crippen molar-refractivity contribution in [3.63, 3.8) is 0 Å². The predicted octanol–water partition coefficient (Wildman–Crippen LogP) is 2.07. The lowest BCUT2D eigenvalue weighted by Gasteiger charge is -2.14. The Bertz CT molecular complexity index is 196. The lowest BCUT2D eigenvalue weighted by molar-refractivity contribution is 0.167. The van der Waals surface area contributed by atoms with Crippen LogP contribution in [-0.4, -0.2) is 24.3 Å². The zero-order chi connectivity index (χ0) is 11.7. The SMILES string of the molecule is CCC(O)CNCCCCC(C)(C)C#N. The molecule has 1 atom stereocenters. The van der Waals surface area contributed by atoms with Gasteiger partial charge in [0.25, 0.3) is 0 Å². The number of hydrogen-bond acceptors (Lipinski definition) is 3. The van der Waals surface area contributed by atoms with E-state index in [1.807, 2.05) is 20.8 Å². The van der Waals surface area contributed by atoms with E-state index in [0.717, 1.165) is 32.2 Å². The van der Waals surface area contributed by atoms with Crippen molar-refractivity contribution >= 4 is 0 Å². The number of rotatable bonds is 8. The van der Waals surface area contributed by atoms with Crippen molar-refractivity contribution in [1.82, 2.24) is 5.32 Å². The second-order valence-electron chi connectivity index (χ2n) is 4.72. The zero-order valence-electron chi connectivity index (χ0n) is 10.2. The lowest BCUT2D eigenvalue weighted by Crippen LogP contribution is -2.27. The summed E-state index contributed by atoms with van der Waals surface area (Å²) in [7, 11) is 0. The molecule has 1 unspecified atom stereocenters. The Kier molecular flexibility index (Phi) is 7.37. The van der Waals surface area contributed by atoms with Crippen molar-refractivity contribution in [2.45, 2.75) is 52.6 Å². The van der Waals surface area contributed by atoms with Gasteiger partial charge in [-0.2, -0.15) is 5.26 Å². The highest BCUT2D eigenvalue weighted by molar-refractivity contribution is 4.91. The van der Waals surface area contributed by atoms with E-state index in [0.29, 0.717) is 6.54 Å². The van der Waals surface area contributed by atoms with Crippen LogP contribution in [-0.2, 0) is 0 Å². The molecule has 0 aliphatic rings. The Balaban J connectivity index is 3.30. The smallest absolute Gasteiger partial charge is 0.0683 e. The van der Waals surface area contributed by atoms with Gasteiger partial charge in [-0.15, -0.1) is 0 Å². The molecule has 3 nitrogen and oxygen atoms in total. The summed E-state index contributed by atoms with van der Waals surface area (Å²) >= 11 is 0. The van der Waals surface area contributed by atoms with Crippen LogP contribution in [0.1, 0.15) is 46.5 Å². The quantitative estimate of drug-likeness (QED) is 0.606. The van der Waals surface area contributed by atoms with E-state index < -0.39 is 0 Å². The Hall–Kier alpha value is -0.590. The highest BCUT2D eigenvalue weighted by atomic mass is 16.3. The summed E-state index contributed by atoms with van der Waals surface area (Å²) in [4.78, 5) is 0. The van der Waals surface area contributed by atoms with Gasteiger partial charge in [0.2, 0.25) is 0 Å². The summed E-state index contributed by atoms with van der Waals surface area (Å²) < 4.78 is 0. The average molecular weight is 212 g/mol. The fourth-order valence-electron chi connectivity index (χ4n) is 1.29. The number of aliphatic hydroxyl groups excluding tert-OH is 1. The molecule has 3 heteroatoms. The maximum Gasteiger partial charge on any atom is 0.0683 e. The number of nitriles is 1. The number of nitrogens with one attached hydrogen (secondary N) is 1. The Labute approximate surface area is 93.5 Å². The van der Waals surface area contributed by atoms with Gasteiger partial charge in [-0.25, -0.2) is 0 Å². The first-order valence-corrected chi connectivity index (χ1v) is 5.82. The maximum absolute atomic E-state index is 9.28. The van der Waals surface area contributed by atoms with E-state index in [4.69, 9.17) is 5.26 Å². The van der Waals surface area contributed by atoms with Gasteiger partial charge in [-0.1, -0.05) is 13.3 Å². The average Bonchev–Trinajstić information content (AvgIpc) is 2.22. The molecule has 0 aromatic rings. The third-order valence-corrected chi connectivity index (χ3v) is 2.56. The van der Waals surface area contributed by atoms with Gasteiger partial charge in [-0.3, -0.25) is 0 Å². The lowest BCUT2D eigenvalue weighted by atomic mass is 9.89. The third-order valence-electron chi connectivity index (χ3n) is 2.56. The molecule has 0 aromatic carbocycles. The number of nitrogens with zero attached hydrogens (tertiary/aromatic N) is 1. The van der Waals surface area contributed by atoms with E-state index >= 15 is 0 Å². The summed E-state index contributed by atoms with van der Waals surface area (Å²) in [5, 5.41) is 21.3. The van der Waals surface area contributed by atoms with Crippen LogP contribution in [0, 0.1) is 16.7 Å². The predicted molar refractivity (Wildman–Crippen MR) is 62.4 cm³/mol. The van der Waals surface area contributed by atoms with E-state index in [1.54, 1.807) is 0 Å². The molecule has 0 saturated heterocycles. The molecule has 0 spiro atoms. The topological polar surface area (TPSA) is 56.0 Å². The minimum atomic E-state index is -0.222. The Morgan fingerprint density at radius 1 is 1.40 bits per heavy atom. The van der Waals surface area contributed by atoms with Gasteiger partial charge >= 0.3 is 0 Å². The van der Waals surface area contributed by atoms with E-state index in [2.05, 4.69) is 11.4 Å². The first-order chi connectivity index (χ1) is 7.02. The highest BCUT2D eigenvalue weighted by Crippen LogP contribution is 2.21. The standard InChI is InChI=1S/C12H24N2O/c1-4-11(15)9-14-8-6-5-7-12(2,3)10-13/h11,14-15H,4-9H2,1-3H3. The summed E-state index contributed by atoms with van der Waals surface area (Å²) in [5.74, 6) is 0. The largest absolute Gasteiger partial charge is 0.392 e. The molecule has 0 bridgehead atoms. The van der Waals surface area contributed by atoms with Crippen molar-refractivity contribution in [2.24, 2.45) is 5.41 Å². The summed E-state index contributed by atoms with van der Waals surface area (Å²) in [6.45, 7) is 7.53. The molecular formula is C12H24N2O. The van der Waals surface area contributed by atoms with Gasteiger partial charge in [0.1, 0.15) is 0 Å². The first kappa shape index (κ1) is 14.4. The summed E-state index contributed by atoms with van der Waals surface area (Å²) in [5.41, 5.74) is -0.192. The molecule has 0 fully saturated rings. The Morgan fingerprint density at radius 3 is 2.60 bits per heavy atom. The minimum absolute atomic E-state index is 0.192. The molecule has 0 radical (unpaired) electrons. The molecule has 0 aliphatic heterocycles. The van der Waals surface area contributed by atoms with Crippen LogP contribution >= 0.6 is 0 Å². The molecular weight excluding hydrogens is 188 g/mol. The monoisotopic (exact) mass is 212 g/mol. The number of unbranched alkanes of at least 4 members (excludes halogenated alkanes) is 1. The van der Waals surface area contributed by atoms with Crippen molar-refractivity contribution in [3.05, 3.63) is 0 Å². The molecule has 88 valence electrons. The molecule has 15 heavy (non-hydrogen) atoms. The van der Waals surface area contributed by atoms with E-state index in [-0.39, 0.29) is 11.5 Å². The summed E-state index contributed by atoms with van der Waals surface area (Å²) in [6, 6.07) is 2.30. The molecule has 0 rings (SSSR count). The van der Waals surface area contributed by atoms with Crippen LogP contribution in [0.3, 0.4) is 0 Å². The third kappa shape index (κ3) is 8.41. The molecule has 0 aliphatic carbocycles. The van der Waals surface area contributed by atoms with Gasteiger partial charge in [0.15, 0.2) is 0 Å².